The molecule has 2 rings (SSSR count). The number of nitrogens with zero attached hydrogens (tertiary/aromatic N) is 1. The number of rotatable bonds is 19. The second-order valence-electron chi connectivity index (χ2n) is 10.8. The fourth-order valence-corrected chi connectivity index (χ4v) is 4.50. The molecule has 0 aliphatic rings. The van der Waals surface area contributed by atoms with E-state index in [2.05, 4.69) is 70.4 Å². The lowest BCUT2D eigenvalue weighted by atomic mass is 10.0. The first-order valence-electron chi connectivity index (χ1n) is 14.2. The number of esters is 1. The maximum absolute atomic E-state index is 12.3. The maximum Gasteiger partial charge on any atom is 0.305 e. The fraction of sp³-hybridized carbons (Fsp3) is 0.594. The van der Waals surface area contributed by atoms with E-state index in [-0.39, 0.29) is 12.1 Å². The highest BCUT2D eigenvalue weighted by Gasteiger charge is 2.16. The molecule has 200 valence electrons. The smallest absolute Gasteiger partial charge is 0.305 e. The molecule has 0 bridgehead atoms. The Morgan fingerprint density at radius 1 is 0.806 bits per heavy atom. The van der Waals surface area contributed by atoms with E-state index in [0.717, 1.165) is 49.0 Å². The first-order valence-corrected chi connectivity index (χ1v) is 14.2. The molecule has 0 saturated heterocycles. The monoisotopic (exact) mass is 496 g/mol. The van der Waals surface area contributed by atoms with Crippen LogP contribution in [0.25, 0.3) is 0 Å². The van der Waals surface area contributed by atoms with Crippen LogP contribution in [0.4, 0.5) is 0 Å². The second kappa shape index (κ2) is 17.2. The fourth-order valence-electron chi connectivity index (χ4n) is 4.50. The van der Waals surface area contributed by atoms with Gasteiger partial charge < -0.3 is 14.0 Å². The first kappa shape index (κ1) is 29.9. The lowest BCUT2D eigenvalue weighted by Gasteiger charge is -2.30. The Kier molecular flexibility index (Phi) is 14.3. The van der Waals surface area contributed by atoms with Crippen molar-refractivity contribution in [1.29, 1.82) is 0 Å². The molecule has 0 radical (unpaired) electrons. The highest BCUT2D eigenvalue weighted by Crippen LogP contribution is 2.18. The Hall–Kier alpha value is -2.33. The van der Waals surface area contributed by atoms with Crippen LogP contribution >= 0.6 is 0 Å². The zero-order valence-corrected chi connectivity index (χ0v) is 23.3. The molecule has 1 atom stereocenters. The molecule has 0 spiro atoms. The van der Waals surface area contributed by atoms with Gasteiger partial charge in [0.2, 0.25) is 0 Å². The van der Waals surface area contributed by atoms with E-state index in [0.29, 0.717) is 13.0 Å². The van der Waals surface area contributed by atoms with Crippen LogP contribution in [0.15, 0.2) is 54.6 Å². The van der Waals surface area contributed by atoms with Crippen LogP contribution in [-0.4, -0.2) is 43.8 Å². The third kappa shape index (κ3) is 13.1. The molecule has 2 aromatic rings. The molecule has 0 aromatic heterocycles. The molecule has 4 heteroatoms. The lowest BCUT2D eigenvalue weighted by molar-refractivity contribution is -0.903. The number of aryl methyl sites for hydroxylation is 1. The van der Waals surface area contributed by atoms with Crippen LogP contribution in [-0.2, 0) is 22.5 Å². The summed E-state index contributed by atoms with van der Waals surface area (Å²) in [6, 6.07) is 19.0. The Bertz CT molecular complexity index is 832. The van der Waals surface area contributed by atoms with Gasteiger partial charge in [-0.1, -0.05) is 88.4 Å². The van der Waals surface area contributed by atoms with Crippen LogP contribution in [0.2, 0.25) is 0 Å². The second-order valence-corrected chi connectivity index (χ2v) is 10.8. The molecule has 0 aliphatic heterocycles. The van der Waals surface area contributed by atoms with Crippen molar-refractivity contribution in [2.45, 2.75) is 97.1 Å². The largest absolute Gasteiger partial charge is 0.487 e. The molecule has 0 aliphatic carbocycles. The van der Waals surface area contributed by atoms with Gasteiger partial charge in [0.15, 0.2) is 0 Å². The number of hydrogen-bond acceptors (Lipinski definition) is 3. The van der Waals surface area contributed by atoms with Crippen LogP contribution in [0, 0.1) is 0 Å². The summed E-state index contributed by atoms with van der Waals surface area (Å²) in [5.41, 5.74) is 2.71. The highest BCUT2D eigenvalue weighted by molar-refractivity contribution is 5.69. The van der Waals surface area contributed by atoms with Crippen LogP contribution in [0.3, 0.4) is 0 Å². The number of benzene rings is 2. The standard InChI is InChI=1S/C32H50NO3/c1-5-7-8-9-10-12-17-28-21-23-31(24-22-28)36-30(6-2)27-35-32(34)20-15-16-25-33(3,4)26-29-18-13-11-14-19-29/h11,13-14,18-19,21-24,30H,5-10,12,15-17,20,25-27H2,1-4H3/q+1. The Balaban J connectivity index is 1.61. The number of quaternary nitrogens is 1. The van der Waals surface area contributed by atoms with Gasteiger partial charge in [0.25, 0.3) is 0 Å². The topological polar surface area (TPSA) is 35.5 Å². The zero-order chi connectivity index (χ0) is 26.1. The molecule has 0 fully saturated rings. The van der Waals surface area contributed by atoms with Crippen LogP contribution in [0.1, 0.15) is 89.2 Å². The van der Waals surface area contributed by atoms with Crippen molar-refractivity contribution in [3.8, 4) is 5.75 Å². The average molecular weight is 497 g/mol. The normalized spacial score (nSPS) is 12.3. The minimum Gasteiger partial charge on any atom is -0.487 e. The summed E-state index contributed by atoms with van der Waals surface area (Å²) in [4.78, 5) is 12.3. The molecular weight excluding hydrogens is 446 g/mol. The average Bonchev–Trinajstić information content (AvgIpc) is 2.87. The van der Waals surface area contributed by atoms with Crippen molar-refractivity contribution in [3.05, 3.63) is 65.7 Å². The molecule has 36 heavy (non-hydrogen) atoms. The van der Waals surface area contributed by atoms with Crippen LogP contribution in [0.5, 0.6) is 5.75 Å². The molecule has 4 nitrogen and oxygen atoms in total. The summed E-state index contributed by atoms with van der Waals surface area (Å²) < 4.78 is 12.5. The van der Waals surface area contributed by atoms with Gasteiger partial charge >= 0.3 is 5.97 Å². The Morgan fingerprint density at radius 3 is 2.19 bits per heavy atom. The SMILES string of the molecule is CCCCCCCCc1ccc(OC(CC)COC(=O)CCCC[N+](C)(C)Cc2ccccc2)cc1. The lowest BCUT2D eigenvalue weighted by Crippen LogP contribution is -2.39. The minimum absolute atomic E-state index is 0.111. The molecular formula is C32H50NO3+. The third-order valence-electron chi connectivity index (χ3n) is 6.78. The van der Waals surface area contributed by atoms with Crippen molar-refractivity contribution in [2.24, 2.45) is 0 Å². The molecule has 0 heterocycles. The summed E-state index contributed by atoms with van der Waals surface area (Å²) in [5.74, 6) is 0.725. The predicted molar refractivity (Wildman–Crippen MR) is 150 cm³/mol. The van der Waals surface area contributed by atoms with Gasteiger partial charge in [0, 0.05) is 12.0 Å². The van der Waals surface area contributed by atoms with Crippen molar-refractivity contribution in [1.82, 2.24) is 0 Å². The summed E-state index contributed by atoms with van der Waals surface area (Å²) in [6.45, 7) is 6.67. The number of hydrogen-bond donors (Lipinski definition) is 0. The molecule has 0 N–H and O–H groups in total. The van der Waals surface area contributed by atoms with Crippen molar-refractivity contribution >= 4 is 5.97 Å². The van der Waals surface area contributed by atoms with Gasteiger partial charge in [-0.2, -0.15) is 0 Å². The summed E-state index contributed by atoms with van der Waals surface area (Å²) >= 11 is 0. The van der Waals surface area contributed by atoms with E-state index in [1.807, 2.05) is 12.1 Å². The number of carbonyl (C=O) groups excluding carboxylic acids is 1. The van der Waals surface area contributed by atoms with Crippen molar-refractivity contribution < 1.29 is 18.8 Å². The highest BCUT2D eigenvalue weighted by atomic mass is 16.6. The quantitative estimate of drug-likeness (QED) is 0.113. The molecule has 1 unspecified atom stereocenters. The van der Waals surface area contributed by atoms with Gasteiger partial charge in [0.1, 0.15) is 25.0 Å². The van der Waals surface area contributed by atoms with Gasteiger partial charge in [-0.05, 0) is 49.8 Å². The Labute approximate surface area is 220 Å². The van der Waals surface area contributed by atoms with E-state index in [1.165, 1.54) is 49.7 Å². The van der Waals surface area contributed by atoms with Gasteiger partial charge in [-0.3, -0.25) is 4.79 Å². The predicted octanol–water partition coefficient (Wildman–Crippen LogP) is 7.74. The van der Waals surface area contributed by atoms with Gasteiger partial charge in [-0.15, -0.1) is 0 Å². The molecule has 2 aromatic carbocycles. The number of ether oxygens (including phenoxy) is 2. The molecule has 0 amide bonds. The van der Waals surface area contributed by atoms with Crippen LogP contribution < -0.4 is 4.74 Å². The molecule has 0 saturated carbocycles. The van der Waals surface area contributed by atoms with Crippen molar-refractivity contribution in [2.75, 3.05) is 27.2 Å². The first-order chi connectivity index (χ1) is 17.4. The van der Waals surface area contributed by atoms with E-state index < -0.39 is 0 Å². The number of unbranched alkanes of at least 4 members (excludes halogenated alkanes) is 6. The van der Waals surface area contributed by atoms with E-state index in [4.69, 9.17) is 9.47 Å². The van der Waals surface area contributed by atoms with E-state index >= 15 is 0 Å². The van der Waals surface area contributed by atoms with Crippen molar-refractivity contribution in [3.63, 3.8) is 0 Å². The maximum atomic E-state index is 12.3. The zero-order valence-electron chi connectivity index (χ0n) is 23.3. The van der Waals surface area contributed by atoms with Gasteiger partial charge in [-0.25, -0.2) is 0 Å². The van der Waals surface area contributed by atoms with E-state index in [1.54, 1.807) is 0 Å². The van der Waals surface area contributed by atoms with Gasteiger partial charge in [0.05, 0.1) is 20.6 Å². The van der Waals surface area contributed by atoms with E-state index in [9.17, 15) is 4.79 Å². The third-order valence-corrected chi connectivity index (χ3v) is 6.78. The summed E-state index contributed by atoms with van der Waals surface area (Å²) in [6.07, 6.45) is 12.1. The summed E-state index contributed by atoms with van der Waals surface area (Å²) in [7, 11) is 4.49. The Morgan fingerprint density at radius 2 is 1.50 bits per heavy atom. The minimum atomic E-state index is -0.125. The summed E-state index contributed by atoms with van der Waals surface area (Å²) in [5, 5.41) is 0. The number of carbonyl (C=O) groups is 1.